The van der Waals surface area contributed by atoms with E-state index < -0.39 is 5.54 Å². The molecule has 1 saturated carbocycles. The molecule has 3 aromatic heterocycles. The van der Waals surface area contributed by atoms with Crippen LogP contribution in [0.1, 0.15) is 48.0 Å². The Hall–Kier alpha value is -2.12. The van der Waals surface area contributed by atoms with Gasteiger partial charge in [-0.1, -0.05) is 18.9 Å². The molecule has 1 aliphatic heterocycles. The first-order valence-corrected chi connectivity index (χ1v) is 12.0. The Morgan fingerprint density at radius 3 is 2.83 bits per heavy atom. The quantitative estimate of drug-likeness (QED) is 0.661. The first-order valence-electron chi connectivity index (χ1n) is 10.3. The molecule has 0 bridgehead atoms. The number of carbonyl (C=O) groups excluding carboxylic acids is 2. The van der Waals surface area contributed by atoms with Crippen molar-refractivity contribution in [1.29, 1.82) is 0 Å². The normalized spacial score (nSPS) is 22.4. The van der Waals surface area contributed by atoms with Gasteiger partial charge in [-0.25, -0.2) is 0 Å². The van der Waals surface area contributed by atoms with Gasteiger partial charge in [0.2, 0.25) is 5.91 Å². The van der Waals surface area contributed by atoms with Gasteiger partial charge >= 0.3 is 0 Å². The van der Waals surface area contributed by atoms with Crippen molar-refractivity contribution >= 4 is 44.7 Å². The van der Waals surface area contributed by atoms with Crippen LogP contribution in [0.15, 0.2) is 35.0 Å². The van der Waals surface area contributed by atoms with E-state index in [1.807, 2.05) is 35.4 Å². The van der Waals surface area contributed by atoms with Crippen molar-refractivity contribution in [3.63, 3.8) is 0 Å². The van der Waals surface area contributed by atoms with E-state index in [2.05, 4.69) is 21.3 Å². The molecule has 152 valence electrons. The van der Waals surface area contributed by atoms with E-state index in [-0.39, 0.29) is 17.9 Å². The summed E-state index contributed by atoms with van der Waals surface area (Å²) in [5.74, 6) is -0.0618. The second-order valence-electron chi connectivity index (χ2n) is 8.31. The minimum absolute atomic E-state index is 0.0204. The van der Waals surface area contributed by atoms with E-state index in [1.165, 1.54) is 17.7 Å². The van der Waals surface area contributed by atoms with Crippen molar-refractivity contribution in [2.75, 3.05) is 6.54 Å². The molecule has 0 unspecified atom stereocenters. The molecule has 0 aromatic carbocycles. The molecule has 1 aliphatic carbocycles. The number of thiophene rings is 2. The van der Waals surface area contributed by atoms with Crippen molar-refractivity contribution in [1.82, 2.24) is 14.8 Å². The molecule has 7 heteroatoms. The molecule has 2 amide bonds. The smallest absolute Gasteiger partial charge is 0.271 e. The summed E-state index contributed by atoms with van der Waals surface area (Å²) in [6.45, 7) is 2.99. The van der Waals surface area contributed by atoms with Crippen LogP contribution >= 0.6 is 22.7 Å². The van der Waals surface area contributed by atoms with Crippen LogP contribution < -0.4 is 5.32 Å². The first-order chi connectivity index (χ1) is 14.1. The molecule has 2 aliphatic rings. The number of hydrogen-bond acceptors (Lipinski definition) is 4. The Morgan fingerprint density at radius 1 is 1.24 bits per heavy atom. The molecule has 0 saturated heterocycles. The summed E-state index contributed by atoms with van der Waals surface area (Å²) < 4.78 is 2.05. The van der Waals surface area contributed by atoms with E-state index in [0.717, 1.165) is 29.5 Å². The van der Waals surface area contributed by atoms with Gasteiger partial charge in [0.15, 0.2) is 0 Å². The van der Waals surface area contributed by atoms with Crippen molar-refractivity contribution < 1.29 is 9.59 Å². The minimum atomic E-state index is -0.889. The summed E-state index contributed by atoms with van der Waals surface area (Å²) in [5.41, 5.74) is -0.191. The molecule has 1 fully saturated rings. The average Bonchev–Trinajstić information content (AvgIpc) is 3.48. The third kappa shape index (κ3) is 3.20. The van der Waals surface area contributed by atoms with Crippen LogP contribution in [0.4, 0.5) is 0 Å². The van der Waals surface area contributed by atoms with Crippen molar-refractivity contribution in [2.24, 2.45) is 0 Å². The highest BCUT2D eigenvalue weighted by atomic mass is 32.1. The van der Waals surface area contributed by atoms with Gasteiger partial charge in [-0.05, 0) is 55.1 Å². The summed E-state index contributed by atoms with van der Waals surface area (Å²) in [6, 6.07) is 8.38. The predicted molar refractivity (Wildman–Crippen MR) is 118 cm³/mol. The molecule has 1 atom stereocenters. The van der Waals surface area contributed by atoms with Crippen molar-refractivity contribution in [2.45, 2.75) is 57.2 Å². The van der Waals surface area contributed by atoms with E-state index in [9.17, 15) is 9.59 Å². The standard InChI is InChI=1S/C22H25N3O2S2/c1-22(21(27)23-16-5-2-3-6-16)14-24-18(13-15-9-12-29-20(15)24)19(26)25(22)10-8-17-7-4-11-28-17/h4,7,9,11-13,16H,2-3,5-6,8,10,14H2,1H3,(H,23,27)/t22-/m1/s1. The highest BCUT2D eigenvalue weighted by molar-refractivity contribution is 7.16. The lowest BCUT2D eigenvalue weighted by Gasteiger charge is -2.44. The van der Waals surface area contributed by atoms with Crippen molar-refractivity contribution in [3.05, 3.63) is 45.6 Å². The SMILES string of the molecule is C[C@]1(C(=O)NC2CCCC2)Cn2c(cc3ccsc32)C(=O)N1CCc1cccs1. The maximum atomic E-state index is 13.5. The Balaban J connectivity index is 1.50. The van der Waals surface area contributed by atoms with Crippen LogP contribution in [-0.2, 0) is 17.8 Å². The molecule has 3 aromatic rings. The fourth-order valence-corrected chi connectivity index (χ4v) is 6.29. The Labute approximate surface area is 178 Å². The third-order valence-electron chi connectivity index (χ3n) is 6.37. The molecule has 0 radical (unpaired) electrons. The molecular weight excluding hydrogens is 402 g/mol. The van der Waals surface area contributed by atoms with Crippen LogP contribution in [0.3, 0.4) is 0 Å². The lowest BCUT2D eigenvalue weighted by Crippen LogP contribution is -2.65. The van der Waals surface area contributed by atoms with Crippen LogP contribution in [-0.4, -0.2) is 39.4 Å². The van der Waals surface area contributed by atoms with Gasteiger partial charge in [0.05, 0.1) is 6.54 Å². The Morgan fingerprint density at radius 2 is 2.07 bits per heavy atom. The highest BCUT2D eigenvalue weighted by Gasteiger charge is 2.48. The first kappa shape index (κ1) is 18.9. The third-order valence-corrected chi connectivity index (χ3v) is 8.26. The maximum absolute atomic E-state index is 13.5. The van der Waals surface area contributed by atoms with Gasteiger partial charge < -0.3 is 14.8 Å². The molecule has 0 spiro atoms. The molecule has 1 N–H and O–H groups in total. The lowest BCUT2D eigenvalue weighted by molar-refractivity contribution is -0.133. The maximum Gasteiger partial charge on any atom is 0.271 e. The predicted octanol–water partition coefficient (Wildman–Crippen LogP) is 4.28. The van der Waals surface area contributed by atoms with Crippen LogP contribution in [0.25, 0.3) is 10.2 Å². The molecule has 29 heavy (non-hydrogen) atoms. The summed E-state index contributed by atoms with van der Waals surface area (Å²) in [5, 5.41) is 8.44. The molecule has 5 rings (SSSR count). The monoisotopic (exact) mass is 427 g/mol. The van der Waals surface area contributed by atoms with E-state index in [0.29, 0.717) is 18.8 Å². The molecule has 4 heterocycles. The summed E-state index contributed by atoms with van der Waals surface area (Å²) in [4.78, 5) is 31.1. The zero-order valence-corrected chi connectivity index (χ0v) is 18.2. The second-order valence-corrected chi connectivity index (χ2v) is 10.2. The number of hydrogen-bond donors (Lipinski definition) is 1. The number of aromatic nitrogens is 1. The number of nitrogens with zero attached hydrogens (tertiary/aromatic N) is 2. The Kier molecular flexibility index (Phi) is 4.75. The largest absolute Gasteiger partial charge is 0.351 e. The average molecular weight is 428 g/mol. The van der Waals surface area contributed by atoms with Gasteiger partial charge in [0, 0.05) is 22.8 Å². The zero-order valence-electron chi connectivity index (χ0n) is 16.5. The number of amides is 2. The summed E-state index contributed by atoms with van der Waals surface area (Å²) in [6.07, 6.45) is 5.18. The zero-order chi connectivity index (χ0) is 20.0. The molecular formula is C22H25N3O2S2. The van der Waals surface area contributed by atoms with E-state index >= 15 is 0 Å². The van der Waals surface area contributed by atoms with E-state index in [1.54, 1.807) is 22.7 Å². The summed E-state index contributed by atoms with van der Waals surface area (Å²) in [7, 11) is 0. The summed E-state index contributed by atoms with van der Waals surface area (Å²) >= 11 is 3.33. The van der Waals surface area contributed by atoms with Crippen LogP contribution in [0.2, 0.25) is 0 Å². The molecule has 5 nitrogen and oxygen atoms in total. The highest BCUT2D eigenvalue weighted by Crippen LogP contribution is 2.35. The number of fused-ring (bicyclic) bond motifs is 3. The lowest BCUT2D eigenvalue weighted by atomic mass is 9.94. The van der Waals surface area contributed by atoms with Crippen LogP contribution in [0, 0.1) is 0 Å². The van der Waals surface area contributed by atoms with Gasteiger partial charge in [-0.15, -0.1) is 22.7 Å². The Bertz CT molecular complexity index is 1050. The van der Waals surface area contributed by atoms with Gasteiger partial charge in [0.1, 0.15) is 16.1 Å². The fourth-order valence-electron chi connectivity index (χ4n) is 4.70. The van der Waals surface area contributed by atoms with Crippen molar-refractivity contribution in [3.8, 4) is 0 Å². The van der Waals surface area contributed by atoms with Crippen LogP contribution in [0.5, 0.6) is 0 Å². The topological polar surface area (TPSA) is 54.3 Å². The fraction of sp³-hybridized carbons (Fsp3) is 0.455. The number of nitrogens with one attached hydrogen (secondary N) is 1. The van der Waals surface area contributed by atoms with Gasteiger partial charge in [-0.3, -0.25) is 9.59 Å². The minimum Gasteiger partial charge on any atom is -0.351 e. The van der Waals surface area contributed by atoms with E-state index in [4.69, 9.17) is 0 Å². The number of rotatable bonds is 5. The second kappa shape index (κ2) is 7.29. The number of carbonyl (C=O) groups is 2. The van der Waals surface area contributed by atoms with Gasteiger partial charge in [0.25, 0.3) is 5.91 Å². The van der Waals surface area contributed by atoms with Gasteiger partial charge in [-0.2, -0.15) is 0 Å².